The topological polar surface area (TPSA) is 57.6 Å². The third-order valence-corrected chi connectivity index (χ3v) is 5.44. The van der Waals surface area contributed by atoms with Crippen LogP contribution in [0.2, 0.25) is 0 Å². The van der Waals surface area contributed by atoms with Crippen molar-refractivity contribution in [1.29, 1.82) is 0 Å². The van der Waals surface area contributed by atoms with Gasteiger partial charge in [-0.25, -0.2) is 4.98 Å². The highest BCUT2D eigenvalue weighted by atomic mass is 19.4. The first-order valence-corrected chi connectivity index (χ1v) is 10.1. The number of benzene rings is 1. The van der Waals surface area contributed by atoms with Gasteiger partial charge in [0.25, 0.3) is 5.56 Å². The van der Waals surface area contributed by atoms with Gasteiger partial charge >= 0.3 is 6.18 Å². The molecule has 0 unspecified atom stereocenters. The Labute approximate surface area is 186 Å². The van der Waals surface area contributed by atoms with Crippen LogP contribution in [0.25, 0.3) is 27.8 Å². The second-order valence-corrected chi connectivity index (χ2v) is 7.69. The lowest BCUT2D eigenvalue weighted by molar-refractivity contribution is -0.137. The summed E-state index contributed by atoms with van der Waals surface area (Å²) in [6.07, 6.45) is 2.54. The molecule has 0 bridgehead atoms. The van der Waals surface area contributed by atoms with E-state index in [2.05, 4.69) is 10.1 Å². The van der Waals surface area contributed by atoms with E-state index in [9.17, 15) is 18.0 Å². The molecule has 6 nitrogen and oxygen atoms in total. The maximum atomic E-state index is 13.0. The Balaban J connectivity index is 1.56. The summed E-state index contributed by atoms with van der Waals surface area (Å²) in [7, 11) is 1.82. The zero-order valence-corrected chi connectivity index (χ0v) is 17.5. The Bertz CT molecular complexity index is 1510. The van der Waals surface area contributed by atoms with Crippen molar-refractivity contribution in [2.75, 3.05) is 0 Å². The zero-order valence-electron chi connectivity index (χ0n) is 17.5. The van der Waals surface area contributed by atoms with E-state index >= 15 is 0 Å². The summed E-state index contributed by atoms with van der Waals surface area (Å²) in [6, 6.07) is 13.8. The number of nitrogens with zero attached hydrogens (tertiary/aromatic N) is 5. The Morgan fingerprint density at radius 2 is 1.79 bits per heavy atom. The summed E-state index contributed by atoms with van der Waals surface area (Å²) in [5.74, 6) is 0. The lowest BCUT2D eigenvalue weighted by Crippen LogP contribution is -2.19. The lowest BCUT2D eigenvalue weighted by atomic mass is 10.1. The number of alkyl halides is 3. The maximum Gasteiger partial charge on any atom is 0.416 e. The molecule has 1 aromatic carbocycles. The molecule has 0 N–H and O–H groups in total. The van der Waals surface area contributed by atoms with E-state index in [0.717, 1.165) is 28.8 Å². The third kappa shape index (κ3) is 3.93. The molecule has 0 radical (unpaired) electrons. The number of rotatable bonds is 4. The van der Waals surface area contributed by atoms with Crippen LogP contribution in [0.15, 0.2) is 84.2 Å². The fourth-order valence-electron chi connectivity index (χ4n) is 3.82. The second-order valence-electron chi connectivity index (χ2n) is 7.69. The van der Waals surface area contributed by atoms with Crippen LogP contribution in [-0.2, 0) is 19.8 Å². The summed E-state index contributed by atoms with van der Waals surface area (Å²) >= 11 is 0. The first-order chi connectivity index (χ1) is 15.8. The molecule has 0 aliphatic rings. The van der Waals surface area contributed by atoms with Crippen molar-refractivity contribution in [2.24, 2.45) is 7.05 Å². The van der Waals surface area contributed by atoms with Crippen molar-refractivity contribution >= 4 is 11.0 Å². The summed E-state index contributed by atoms with van der Waals surface area (Å²) in [5, 5.41) is 5.09. The van der Waals surface area contributed by atoms with Crippen LogP contribution in [0.4, 0.5) is 13.2 Å². The molecule has 4 aromatic heterocycles. The predicted octanol–water partition coefficient (Wildman–Crippen LogP) is 4.65. The van der Waals surface area contributed by atoms with Gasteiger partial charge in [-0.15, -0.1) is 0 Å². The van der Waals surface area contributed by atoms with Crippen LogP contribution in [0, 0.1) is 0 Å². The monoisotopic (exact) mass is 449 g/mol. The summed E-state index contributed by atoms with van der Waals surface area (Å²) in [4.78, 5) is 17.2. The van der Waals surface area contributed by atoms with Crippen LogP contribution < -0.4 is 5.56 Å². The fraction of sp³-hybridized carbons (Fsp3) is 0.125. The maximum absolute atomic E-state index is 13.0. The number of aryl methyl sites for hydroxylation is 1. The molecule has 9 heteroatoms. The van der Waals surface area contributed by atoms with Crippen LogP contribution in [-0.4, -0.2) is 23.9 Å². The van der Waals surface area contributed by atoms with Gasteiger partial charge in [-0.2, -0.15) is 18.3 Å². The van der Waals surface area contributed by atoms with Gasteiger partial charge in [0.05, 0.1) is 17.8 Å². The summed E-state index contributed by atoms with van der Waals surface area (Å²) in [6.45, 7) is 0.356. The molecule has 4 heterocycles. The molecular weight excluding hydrogens is 431 g/mol. The molecule has 0 atom stereocenters. The zero-order chi connectivity index (χ0) is 23.2. The quantitative estimate of drug-likeness (QED) is 0.401. The molecule has 0 amide bonds. The molecule has 0 saturated carbocycles. The average Bonchev–Trinajstić information content (AvgIpc) is 3.38. The van der Waals surface area contributed by atoms with Gasteiger partial charge in [0.1, 0.15) is 5.65 Å². The van der Waals surface area contributed by atoms with Crippen molar-refractivity contribution < 1.29 is 13.2 Å². The smallest absolute Gasteiger partial charge is 0.309 e. The minimum atomic E-state index is -4.40. The van der Waals surface area contributed by atoms with Crippen molar-refractivity contribution in [3.8, 4) is 16.8 Å². The summed E-state index contributed by atoms with van der Waals surface area (Å²) in [5.41, 5.74) is 2.47. The third-order valence-electron chi connectivity index (χ3n) is 5.44. The number of fused-ring (bicyclic) bond motifs is 1. The first kappa shape index (κ1) is 20.7. The van der Waals surface area contributed by atoms with Crippen molar-refractivity contribution in [3.63, 3.8) is 0 Å². The Kier molecular flexibility index (Phi) is 4.88. The van der Waals surface area contributed by atoms with Gasteiger partial charge in [-0.1, -0.05) is 0 Å². The SMILES string of the molecule is Cn1ccc(Cn2ccc(-c3cn(-c4ccc(C(F)(F)F)cc4)c4ncccc34)cc2=O)n1. The number of halogens is 3. The van der Waals surface area contributed by atoms with Crippen molar-refractivity contribution in [1.82, 2.24) is 23.9 Å². The molecular formula is C24H18F3N5O. The molecule has 33 heavy (non-hydrogen) atoms. The van der Waals surface area contributed by atoms with Crippen LogP contribution in [0.5, 0.6) is 0 Å². The highest BCUT2D eigenvalue weighted by molar-refractivity contribution is 5.95. The number of aromatic nitrogens is 5. The van der Waals surface area contributed by atoms with Gasteiger partial charge in [0, 0.05) is 54.5 Å². The minimum Gasteiger partial charge on any atom is -0.309 e. The van der Waals surface area contributed by atoms with Gasteiger partial charge in [-0.05, 0) is 54.1 Å². The predicted molar refractivity (Wildman–Crippen MR) is 118 cm³/mol. The van der Waals surface area contributed by atoms with E-state index in [0.29, 0.717) is 23.4 Å². The highest BCUT2D eigenvalue weighted by Crippen LogP contribution is 2.33. The summed E-state index contributed by atoms with van der Waals surface area (Å²) < 4.78 is 43.8. The van der Waals surface area contributed by atoms with Gasteiger partial charge < -0.3 is 9.13 Å². The Morgan fingerprint density at radius 3 is 2.45 bits per heavy atom. The standard InChI is InChI=1S/C24H18F3N5O/c1-30-11-9-18(29-30)14-31-12-8-16(13-22(31)33)21-15-32(23-20(21)3-2-10-28-23)19-6-4-17(5-7-19)24(25,26)27/h2-13,15H,14H2,1H3. The van der Waals surface area contributed by atoms with Crippen LogP contribution >= 0.6 is 0 Å². The number of hydrogen-bond acceptors (Lipinski definition) is 3. The van der Waals surface area contributed by atoms with E-state index < -0.39 is 11.7 Å². The van der Waals surface area contributed by atoms with Crippen molar-refractivity contribution in [2.45, 2.75) is 12.7 Å². The van der Waals surface area contributed by atoms with Crippen LogP contribution in [0.3, 0.4) is 0 Å². The minimum absolute atomic E-state index is 0.183. The molecule has 0 spiro atoms. The Hall–Kier alpha value is -4.14. The highest BCUT2D eigenvalue weighted by Gasteiger charge is 2.30. The molecule has 0 saturated heterocycles. The van der Waals surface area contributed by atoms with Crippen molar-refractivity contribution in [3.05, 3.63) is 101 Å². The van der Waals surface area contributed by atoms with E-state index in [1.807, 2.05) is 31.4 Å². The second kappa shape index (κ2) is 7.77. The van der Waals surface area contributed by atoms with Gasteiger partial charge in [-0.3, -0.25) is 9.48 Å². The largest absolute Gasteiger partial charge is 0.416 e. The Morgan fingerprint density at radius 1 is 1.00 bits per heavy atom. The van der Waals surface area contributed by atoms with E-state index in [1.165, 1.54) is 12.1 Å². The normalized spacial score (nSPS) is 11.9. The molecule has 0 aliphatic heterocycles. The van der Waals surface area contributed by atoms with Gasteiger partial charge in [0.15, 0.2) is 0 Å². The molecule has 0 aliphatic carbocycles. The van der Waals surface area contributed by atoms with E-state index in [4.69, 9.17) is 0 Å². The van der Waals surface area contributed by atoms with Crippen LogP contribution in [0.1, 0.15) is 11.3 Å². The molecule has 0 fully saturated rings. The average molecular weight is 449 g/mol. The number of pyridine rings is 2. The molecule has 5 rings (SSSR count). The fourth-order valence-corrected chi connectivity index (χ4v) is 3.82. The van der Waals surface area contributed by atoms with E-state index in [1.54, 1.807) is 44.5 Å². The number of hydrogen-bond donors (Lipinski definition) is 0. The van der Waals surface area contributed by atoms with Gasteiger partial charge in [0.2, 0.25) is 0 Å². The molecule has 166 valence electrons. The lowest BCUT2D eigenvalue weighted by Gasteiger charge is -2.09. The first-order valence-electron chi connectivity index (χ1n) is 10.1. The molecule has 5 aromatic rings. The van der Waals surface area contributed by atoms with E-state index in [-0.39, 0.29) is 5.56 Å².